The third-order valence-corrected chi connectivity index (χ3v) is 5.38. The molecule has 0 unspecified atom stereocenters. The molecule has 0 radical (unpaired) electrons. The summed E-state index contributed by atoms with van der Waals surface area (Å²) in [7, 11) is -0.440. The Morgan fingerprint density at radius 2 is 1.70 bits per heavy atom. The molecule has 23 heavy (non-hydrogen) atoms. The Morgan fingerprint density at radius 3 is 2.13 bits per heavy atom. The predicted molar refractivity (Wildman–Crippen MR) is 96.6 cm³/mol. The van der Waals surface area contributed by atoms with Crippen molar-refractivity contribution in [2.75, 3.05) is 13.1 Å². The van der Waals surface area contributed by atoms with Gasteiger partial charge in [-0.1, -0.05) is 0 Å². The maximum atomic E-state index is 6.04. The first kappa shape index (κ1) is 18.5. The molecular formula is C17H32BN3O2. The van der Waals surface area contributed by atoms with Crippen LogP contribution in [0.2, 0.25) is 0 Å². The van der Waals surface area contributed by atoms with Crippen molar-refractivity contribution in [2.45, 2.75) is 77.7 Å². The second-order valence-electron chi connectivity index (χ2n) is 7.89. The van der Waals surface area contributed by atoms with Gasteiger partial charge in [0, 0.05) is 30.8 Å². The van der Waals surface area contributed by atoms with Gasteiger partial charge in [-0.2, -0.15) is 0 Å². The van der Waals surface area contributed by atoms with Crippen LogP contribution in [0.4, 0.5) is 0 Å². The van der Waals surface area contributed by atoms with Gasteiger partial charge >= 0.3 is 7.12 Å². The molecule has 2 fully saturated rings. The van der Waals surface area contributed by atoms with Gasteiger partial charge in [-0.25, -0.2) is 0 Å². The summed E-state index contributed by atoms with van der Waals surface area (Å²) in [5.74, 6) is 0. The molecule has 2 aliphatic heterocycles. The van der Waals surface area contributed by atoms with E-state index in [1.807, 2.05) is 33.9 Å². The molecule has 2 aliphatic rings. The summed E-state index contributed by atoms with van der Waals surface area (Å²) >= 11 is 0. The quantitative estimate of drug-likeness (QED) is 0.638. The van der Waals surface area contributed by atoms with Crippen LogP contribution in [-0.4, -0.2) is 54.6 Å². The molecule has 6 heteroatoms. The van der Waals surface area contributed by atoms with Gasteiger partial charge in [0.1, 0.15) is 0 Å². The van der Waals surface area contributed by atoms with Crippen molar-refractivity contribution in [3.8, 4) is 0 Å². The molecule has 0 bridgehead atoms. The number of allylic oxidation sites excluding steroid dienone is 1. The van der Waals surface area contributed by atoms with E-state index in [9.17, 15) is 0 Å². The highest BCUT2D eigenvalue weighted by atomic mass is 16.7. The third-order valence-electron chi connectivity index (χ3n) is 5.38. The van der Waals surface area contributed by atoms with Crippen molar-refractivity contribution in [3.05, 3.63) is 11.7 Å². The van der Waals surface area contributed by atoms with Gasteiger partial charge in [0.25, 0.3) is 0 Å². The molecule has 0 aromatic rings. The van der Waals surface area contributed by atoms with Crippen molar-refractivity contribution >= 4 is 13.3 Å². The Morgan fingerprint density at radius 1 is 1.17 bits per heavy atom. The highest BCUT2D eigenvalue weighted by molar-refractivity contribution is 6.60. The van der Waals surface area contributed by atoms with Crippen LogP contribution in [0.5, 0.6) is 0 Å². The zero-order valence-electron chi connectivity index (χ0n) is 15.5. The summed E-state index contributed by atoms with van der Waals surface area (Å²) in [6.45, 7) is 14.9. The monoisotopic (exact) mass is 321 g/mol. The lowest BCUT2D eigenvalue weighted by atomic mass is 9.79. The summed E-state index contributed by atoms with van der Waals surface area (Å²) < 4.78 is 12.1. The predicted octanol–water partition coefficient (Wildman–Crippen LogP) is 2.40. The van der Waals surface area contributed by atoms with Crippen LogP contribution >= 0.6 is 0 Å². The van der Waals surface area contributed by atoms with E-state index >= 15 is 0 Å². The van der Waals surface area contributed by atoms with Crippen molar-refractivity contribution in [2.24, 2.45) is 10.7 Å². The van der Waals surface area contributed by atoms with Gasteiger partial charge in [-0.05, 0) is 60.6 Å². The molecule has 0 aliphatic carbocycles. The standard InChI is InChI=1S/C17H32BN3O2/c1-13(2)21-9-7-15(8-10-21)20-12-14(11-19)18-22-16(3,4)17(5,6)23-18/h11-13,15H,7-10,19H2,1-6H3. The van der Waals surface area contributed by atoms with E-state index in [0.29, 0.717) is 12.1 Å². The number of nitrogens with two attached hydrogens (primary N) is 1. The molecule has 0 amide bonds. The third kappa shape index (κ3) is 4.17. The van der Waals surface area contributed by atoms with Gasteiger partial charge in [-0.15, -0.1) is 0 Å². The van der Waals surface area contributed by atoms with E-state index in [-0.39, 0.29) is 11.2 Å². The molecule has 2 N–H and O–H groups in total. The molecule has 5 nitrogen and oxygen atoms in total. The maximum absolute atomic E-state index is 6.04. The van der Waals surface area contributed by atoms with Crippen molar-refractivity contribution in [3.63, 3.8) is 0 Å². The van der Waals surface area contributed by atoms with Crippen LogP contribution < -0.4 is 5.73 Å². The lowest BCUT2D eigenvalue weighted by Crippen LogP contribution is -2.41. The average molecular weight is 321 g/mol. The zero-order chi connectivity index (χ0) is 17.3. The first-order chi connectivity index (χ1) is 10.7. The zero-order valence-corrected chi connectivity index (χ0v) is 15.5. The fraction of sp³-hybridized carbons (Fsp3) is 0.824. The number of hydrogen-bond acceptors (Lipinski definition) is 5. The Balaban J connectivity index is 1.94. The molecular weight excluding hydrogens is 289 g/mol. The Bertz CT molecular complexity index is 450. The Labute approximate surface area is 141 Å². The van der Waals surface area contributed by atoms with E-state index in [1.54, 1.807) is 6.20 Å². The molecule has 0 aromatic carbocycles. The van der Waals surface area contributed by atoms with Gasteiger partial charge in [0.15, 0.2) is 0 Å². The highest BCUT2D eigenvalue weighted by Crippen LogP contribution is 2.38. The second kappa shape index (κ2) is 6.95. The Kier molecular flexibility index (Phi) is 5.59. The number of likely N-dealkylation sites (tertiary alicyclic amines) is 1. The number of piperidine rings is 1. The first-order valence-electron chi connectivity index (χ1n) is 8.71. The lowest BCUT2D eigenvalue weighted by Gasteiger charge is -2.33. The normalized spacial score (nSPS) is 26.6. The molecule has 0 atom stereocenters. The van der Waals surface area contributed by atoms with Crippen molar-refractivity contribution < 1.29 is 9.31 Å². The van der Waals surface area contributed by atoms with E-state index in [4.69, 9.17) is 20.0 Å². The van der Waals surface area contributed by atoms with Crippen molar-refractivity contribution in [1.29, 1.82) is 0 Å². The van der Waals surface area contributed by atoms with E-state index in [0.717, 1.165) is 31.4 Å². The fourth-order valence-corrected chi connectivity index (χ4v) is 2.90. The van der Waals surface area contributed by atoms with Gasteiger partial charge in [0.05, 0.1) is 17.2 Å². The smallest absolute Gasteiger partial charge is 0.405 e. The van der Waals surface area contributed by atoms with Crippen LogP contribution in [-0.2, 0) is 9.31 Å². The van der Waals surface area contributed by atoms with E-state index in [2.05, 4.69) is 18.7 Å². The molecule has 2 heterocycles. The SMILES string of the molecule is CC(C)N1CCC(N=CC(=CN)B2OC(C)(C)C(C)(C)O2)CC1. The Hall–Kier alpha value is -0.845. The molecule has 2 rings (SSSR count). The van der Waals surface area contributed by atoms with Crippen LogP contribution in [0.3, 0.4) is 0 Å². The molecule has 2 saturated heterocycles. The van der Waals surface area contributed by atoms with Gasteiger partial charge < -0.3 is 19.9 Å². The molecule has 130 valence electrons. The average Bonchev–Trinajstić information content (AvgIpc) is 2.68. The van der Waals surface area contributed by atoms with Crippen LogP contribution in [0.15, 0.2) is 16.7 Å². The van der Waals surface area contributed by atoms with Gasteiger partial charge in [0.2, 0.25) is 0 Å². The fourth-order valence-electron chi connectivity index (χ4n) is 2.90. The van der Waals surface area contributed by atoms with E-state index < -0.39 is 7.12 Å². The summed E-state index contributed by atoms with van der Waals surface area (Å²) in [4.78, 5) is 7.23. The first-order valence-corrected chi connectivity index (χ1v) is 8.71. The number of hydrogen-bond donors (Lipinski definition) is 1. The van der Waals surface area contributed by atoms with Crippen molar-refractivity contribution in [1.82, 2.24) is 4.90 Å². The minimum Gasteiger partial charge on any atom is -0.405 e. The molecule has 0 saturated carbocycles. The second-order valence-corrected chi connectivity index (χ2v) is 7.89. The van der Waals surface area contributed by atoms with E-state index in [1.165, 1.54) is 0 Å². The number of nitrogens with zero attached hydrogens (tertiary/aromatic N) is 2. The van der Waals surface area contributed by atoms with Crippen LogP contribution in [0, 0.1) is 0 Å². The molecule has 0 spiro atoms. The van der Waals surface area contributed by atoms with Gasteiger partial charge in [-0.3, -0.25) is 4.99 Å². The lowest BCUT2D eigenvalue weighted by molar-refractivity contribution is 0.00578. The van der Waals surface area contributed by atoms with Crippen LogP contribution in [0.25, 0.3) is 0 Å². The topological polar surface area (TPSA) is 60.1 Å². The maximum Gasteiger partial charge on any atom is 0.497 e. The largest absolute Gasteiger partial charge is 0.497 e. The minimum atomic E-state index is -0.440. The summed E-state index contributed by atoms with van der Waals surface area (Å²) in [5.41, 5.74) is 5.87. The molecule has 0 aromatic heterocycles. The van der Waals surface area contributed by atoms with Crippen LogP contribution in [0.1, 0.15) is 54.4 Å². The highest BCUT2D eigenvalue weighted by Gasteiger charge is 2.52. The summed E-state index contributed by atoms with van der Waals surface area (Å²) in [6.07, 6.45) is 5.58. The minimum absolute atomic E-state index is 0.359. The summed E-state index contributed by atoms with van der Waals surface area (Å²) in [5, 5.41) is 0. The number of rotatable bonds is 4. The number of aliphatic imine (C=N–C) groups is 1. The summed E-state index contributed by atoms with van der Waals surface area (Å²) in [6, 6.07) is 0.978.